The minimum absolute atomic E-state index is 0. The summed E-state index contributed by atoms with van der Waals surface area (Å²) < 4.78 is 27.7. The molecule has 2 aromatic heterocycles. The van der Waals surface area contributed by atoms with E-state index < -0.39 is 23.0 Å². The Morgan fingerprint density at radius 3 is 2.40 bits per heavy atom. The van der Waals surface area contributed by atoms with E-state index >= 15 is 0 Å². The van der Waals surface area contributed by atoms with E-state index in [1.807, 2.05) is 38.9 Å². The molecular weight excluding hydrogens is 571 g/mol. The van der Waals surface area contributed by atoms with Gasteiger partial charge in [0, 0.05) is 63.6 Å². The molecule has 1 aromatic carbocycles. The Morgan fingerprint density at radius 1 is 1.10 bits per heavy atom. The molecule has 5 nitrogen and oxygen atoms in total. The van der Waals surface area contributed by atoms with Gasteiger partial charge in [-0.2, -0.15) is 0 Å². The Labute approximate surface area is 188 Å². The van der Waals surface area contributed by atoms with Crippen molar-refractivity contribution in [3.05, 3.63) is 77.2 Å². The topological polar surface area (TPSA) is 66.3 Å². The molecule has 0 radical (unpaired) electrons. The van der Waals surface area contributed by atoms with E-state index in [2.05, 4.69) is 16.0 Å². The van der Waals surface area contributed by atoms with Gasteiger partial charge in [0.15, 0.2) is 0 Å². The number of rotatable bonds is 5. The predicted molar refractivity (Wildman–Crippen MR) is 106 cm³/mol. The van der Waals surface area contributed by atoms with Crippen LogP contribution in [0.1, 0.15) is 35.7 Å². The van der Waals surface area contributed by atoms with Gasteiger partial charge in [-0.25, -0.2) is 9.78 Å². The van der Waals surface area contributed by atoms with E-state index in [1.54, 1.807) is 18.2 Å². The molecule has 0 spiro atoms. The molecule has 2 heterocycles. The van der Waals surface area contributed by atoms with Crippen LogP contribution in [-0.2, 0) is 26.5 Å². The van der Waals surface area contributed by atoms with Crippen LogP contribution >= 0.6 is 0 Å². The van der Waals surface area contributed by atoms with Gasteiger partial charge >= 0.3 is 5.97 Å². The van der Waals surface area contributed by atoms with Crippen LogP contribution in [0.15, 0.2) is 42.5 Å². The third kappa shape index (κ3) is 4.73. The zero-order valence-electron chi connectivity index (χ0n) is 16.8. The van der Waals surface area contributed by atoms with E-state index in [1.165, 1.54) is 6.07 Å². The standard InChI is InChI=1S/C22H20F2N3O2.Pt/c1-22(2,19-7-5-6-17(25-19)21(28)29)20-12-14(27(3)4)11-18(26-20)15-9-8-13(23)10-16(15)24;/h5-8,10-12H,1-4H3,(H,28,29);/q-1;. The van der Waals surface area contributed by atoms with Gasteiger partial charge in [0.25, 0.3) is 0 Å². The van der Waals surface area contributed by atoms with Crippen molar-refractivity contribution in [2.24, 2.45) is 0 Å². The Hall–Kier alpha value is -2.66. The molecule has 0 aliphatic carbocycles. The first-order chi connectivity index (χ1) is 13.6. The number of benzene rings is 1. The number of carbonyl (C=O) groups is 1. The van der Waals surface area contributed by atoms with Crippen LogP contribution in [0.3, 0.4) is 0 Å². The minimum Gasteiger partial charge on any atom is -0.477 e. The second-order valence-electron chi connectivity index (χ2n) is 7.37. The Kier molecular flexibility index (Phi) is 7.09. The fourth-order valence-electron chi connectivity index (χ4n) is 2.90. The molecule has 0 saturated carbocycles. The summed E-state index contributed by atoms with van der Waals surface area (Å²) in [5, 5.41) is 9.25. The first-order valence-corrected chi connectivity index (χ1v) is 8.87. The van der Waals surface area contributed by atoms with Gasteiger partial charge in [0.2, 0.25) is 0 Å². The molecule has 1 N–H and O–H groups in total. The fourth-order valence-corrected chi connectivity index (χ4v) is 2.90. The number of aromatic nitrogens is 2. The SMILES string of the molecule is CN(C)c1cc(-c2[c-]cc(F)cc2F)nc(C(C)(C)c2cccc(C(=O)O)n2)c1.[Pt]. The average Bonchev–Trinajstić information content (AvgIpc) is 2.67. The van der Waals surface area contributed by atoms with Crippen LogP contribution in [0.25, 0.3) is 11.3 Å². The molecule has 0 bridgehead atoms. The predicted octanol–water partition coefficient (Wildman–Crippen LogP) is 4.31. The van der Waals surface area contributed by atoms with E-state index in [4.69, 9.17) is 0 Å². The zero-order valence-corrected chi connectivity index (χ0v) is 19.1. The van der Waals surface area contributed by atoms with Crippen LogP contribution in [0.4, 0.5) is 14.5 Å². The number of halogens is 2. The van der Waals surface area contributed by atoms with Crippen LogP contribution in [0, 0.1) is 17.7 Å². The number of nitrogens with zero attached hydrogens (tertiary/aromatic N) is 3. The number of pyridine rings is 2. The summed E-state index contributed by atoms with van der Waals surface area (Å²) in [4.78, 5) is 22.0. The van der Waals surface area contributed by atoms with Crippen molar-refractivity contribution in [3.8, 4) is 11.3 Å². The van der Waals surface area contributed by atoms with Crippen LogP contribution in [0.2, 0.25) is 0 Å². The summed E-state index contributed by atoms with van der Waals surface area (Å²) in [7, 11) is 3.67. The Morgan fingerprint density at radius 2 is 1.80 bits per heavy atom. The molecule has 0 aliphatic heterocycles. The van der Waals surface area contributed by atoms with E-state index in [9.17, 15) is 18.7 Å². The molecule has 0 amide bonds. The number of carboxylic acids is 1. The molecular formula is C22H20F2N3O2Pt-. The largest absolute Gasteiger partial charge is 0.477 e. The molecule has 3 aromatic rings. The zero-order chi connectivity index (χ0) is 21.3. The van der Waals surface area contributed by atoms with Gasteiger partial charge in [-0.1, -0.05) is 23.8 Å². The van der Waals surface area contributed by atoms with Gasteiger partial charge in [-0.3, -0.25) is 8.78 Å². The molecule has 0 unspecified atom stereocenters. The van der Waals surface area contributed by atoms with Gasteiger partial charge in [0.05, 0.1) is 5.69 Å². The van der Waals surface area contributed by atoms with E-state index in [-0.39, 0.29) is 32.3 Å². The van der Waals surface area contributed by atoms with Crippen molar-refractivity contribution in [1.82, 2.24) is 9.97 Å². The molecule has 8 heteroatoms. The number of hydrogen-bond acceptors (Lipinski definition) is 4. The third-order valence-electron chi connectivity index (χ3n) is 4.69. The molecule has 0 saturated heterocycles. The molecule has 0 aliphatic rings. The van der Waals surface area contributed by atoms with Gasteiger partial charge in [0.1, 0.15) is 5.69 Å². The quantitative estimate of drug-likeness (QED) is 0.449. The summed E-state index contributed by atoms with van der Waals surface area (Å²) in [6.45, 7) is 3.72. The summed E-state index contributed by atoms with van der Waals surface area (Å²) in [6, 6.07) is 12.7. The average molecular weight is 591 g/mol. The molecule has 30 heavy (non-hydrogen) atoms. The van der Waals surface area contributed by atoms with E-state index in [0.717, 1.165) is 17.8 Å². The third-order valence-corrected chi connectivity index (χ3v) is 4.69. The van der Waals surface area contributed by atoms with Gasteiger partial charge in [-0.05, 0) is 37.7 Å². The first kappa shape index (κ1) is 23.6. The molecule has 3 rings (SSSR count). The van der Waals surface area contributed by atoms with Crippen molar-refractivity contribution in [2.45, 2.75) is 19.3 Å². The number of anilines is 1. The Balaban J connectivity index is 0.00000320. The minimum atomic E-state index is -1.12. The normalized spacial score (nSPS) is 11.0. The summed E-state index contributed by atoms with van der Waals surface area (Å²) in [6.07, 6.45) is 0. The monoisotopic (exact) mass is 591 g/mol. The second kappa shape index (κ2) is 9.00. The summed E-state index contributed by atoms with van der Waals surface area (Å²) in [5.41, 5.74) is 1.33. The van der Waals surface area contributed by atoms with Crippen LogP contribution in [0.5, 0.6) is 0 Å². The first-order valence-electron chi connectivity index (χ1n) is 8.87. The number of carboxylic acid groups (broad SMARTS) is 1. The van der Waals surface area contributed by atoms with Crippen molar-refractivity contribution in [2.75, 3.05) is 19.0 Å². The Bertz CT molecular complexity index is 1090. The number of hydrogen-bond donors (Lipinski definition) is 1. The molecule has 160 valence electrons. The van der Waals surface area contributed by atoms with Gasteiger partial charge in [-0.15, -0.1) is 12.1 Å². The summed E-state index contributed by atoms with van der Waals surface area (Å²) >= 11 is 0. The maximum absolute atomic E-state index is 14.4. The molecule has 0 fully saturated rings. The van der Waals surface area contributed by atoms with Crippen molar-refractivity contribution in [1.29, 1.82) is 0 Å². The van der Waals surface area contributed by atoms with Crippen LogP contribution in [-0.4, -0.2) is 35.1 Å². The van der Waals surface area contributed by atoms with E-state index in [0.29, 0.717) is 17.1 Å². The fraction of sp³-hybridized carbons (Fsp3) is 0.227. The van der Waals surface area contributed by atoms with Crippen molar-refractivity contribution >= 4 is 11.7 Å². The number of aromatic carboxylic acids is 1. The maximum Gasteiger partial charge on any atom is 0.354 e. The van der Waals surface area contributed by atoms with Crippen LogP contribution < -0.4 is 4.90 Å². The van der Waals surface area contributed by atoms with Crippen molar-refractivity contribution < 1.29 is 39.7 Å². The smallest absolute Gasteiger partial charge is 0.354 e. The maximum atomic E-state index is 14.4. The van der Waals surface area contributed by atoms with Gasteiger partial charge < -0.3 is 15.0 Å². The molecule has 0 atom stereocenters. The van der Waals surface area contributed by atoms with Crippen molar-refractivity contribution in [3.63, 3.8) is 0 Å². The summed E-state index contributed by atoms with van der Waals surface area (Å²) in [5.74, 6) is -2.60. The second-order valence-corrected chi connectivity index (χ2v) is 7.37.